The van der Waals surface area contributed by atoms with Gasteiger partial charge < -0.3 is 14.8 Å². The Bertz CT molecular complexity index is 753. The van der Waals surface area contributed by atoms with Crippen LogP contribution in [0.4, 0.5) is 0 Å². The Hall–Kier alpha value is -2.83. The molecule has 1 N–H and O–H groups in total. The van der Waals surface area contributed by atoms with Crippen LogP contribution in [0.15, 0.2) is 36.5 Å². The maximum atomic E-state index is 12.2. The monoisotopic (exact) mass is 343 g/mol. The number of benzene rings is 1. The molecule has 0 unspecified atom stereocenters. The molecule has 1 fully saturated rings. The minimum Gasteiger partial charge on any atom is -0.493 e. The van der Waals surface area contributed by atoms with Gasteiger partial charge in [-0.1, -0.05) is 18.2 Å². The van der Waals surface area contributed by atoms with Crippen molar-refractivity contribution in [2.75, 3.05) is 13.7 Å². The number of ether oxygens (including phenoxy) is 2. The molecule has 0 aliphatic heterocycles. The molecule has 1 aromatic carbocycles. The fraction of sp³-hybridized carbons (Fsp3) is 0.389. The van der Waals surface area contributed by atoms with Gasteiger partial charge in [0.05, 0.1) is 19.0 Å². The smallest absolute Gasteiger partial charge is 0.363 e. The van der Waals surface area contributed by atoms with Crippen LogP contribution < -0.4 is 10.1 Å². The number of hydrogen-bond donors (Lipinski definition) is 1. The Morgan fingerprint density at radius 3 is 2.68 bits per heavy atom. The minimum absolute atomic E-state index is 0.0365. The molecular weight excluding hydrogens is 322 g/mol. The lowest BCUT2D eigenvalue weighted by molar-refractivity contribution is -0.125. The number of amides is 1. The van der Waals surface area contributed by atoms with Gasteiger partial charge in [-0.05, 0) is 37.8 Å². The van der Waals surface area contributed by atoms with E-state index in [9.17, 15) is 9.59 Å². The normalized spacial score (nSPS) is 14.6. The van der Waals surface area contributed by atoms with Gasteiger partial charge >= 0.3 is 5.97 Å². The number of esters is 1. The lowest BCUT2D eigenvalue weighted by atomic mass is 10.2. The third-order valence-electron chi connectivity index (χ3n) is 4.17. The van der Waals surface area contributed by atoms with E-state index in [0.29, 0.717) is 11.7 Å². The topological polar surface area (TPSA) is 82.5 Å². The number of aromatic nitrogens is 2. The number of nitrogens with one attached hydrogen (secondary N) is 1. The fourth-order valence-corrected chi connectivity index (χ4v) is 2.57. The zero-order valence-electron chi connectivity index (χ0n) is 14.3. The summed E-state index contributed by atoms with van der Waals surface area (Å²) in [5.41, 5.74) is 0.824. The Labute approximate surface area is 145 Å². The van der Waals surface area contributed by atoms with Crippen LogP contribution in [0.25, 0.3) is 5.69 Å². The van der Waals surface area contributed by atoms with Crippen molar-refractivity contribution in [3.05, 3.63) is 42.2 Å². The fourth-order valence-electron chi connectivity index (χ4n) is 2.57. The molecule has 7 heteroatoms. The van der Waals surface area contributed by atoms with Gasteiger partial charge in [-0.2, -0.15) is 5.10 Å². The van der Waals surface area contributed by atoms with Crippen LogP contribution in [0.2, 0.25) is 0 Å². The van der Waals surface area contributed by atoms with E-state index in [1.807, 2.05) is 37.3 Å². The number of carbonyl (C=O) groups excluding carboxylic acids is 2. The number of rotatable bonds is 7. The van der Waals surface area contributed by atoms with Crippen LogP contribution >= 0.6 is 0 Å². The lowest BCUT2D eigenvalue weighted by Gasteiger charge is -2.12. The first kappa shape index (κ1) is 17.0. The first-order valence-electron chi connectivity index (χ1n) is 8.24. The summed E-state index contributed by atoms with van der Waals surface area (Å²) < 4.78 is 11.8. The quantitative estimate of drug-likeness (QED) is 0.777. The maximum Gasteiger partial charge on any atom is 0.363 e. The molecular formula is C18H21N3O4. The highest BCUT2D eigenvalue weighted by Crippen LogP contribution is 2.32. The maximum absolute atomic E-state index is 12.2. The SMILES string of the molecule is COc1cn(-c2ccccc2)nc1C(=O)OCC(=O)N[C@H](C)C1CC1. The van der Waals surface area contributed by atoms with Crippen molar-refractivity contribution >= 4 is 11.9 Å². The van der Waals surface area contributed by atoms with Gasteiger partial charge in [0, 0.05) is 6.04 Å². The second-order valence-corrected chi connectivity index (χ2v) is 6.10. The summed E-state index contributed by atoms with van der Waals surface area (Å²) >= 11 is 0. The molecule has 7 nitrogen and oxygen atoms in total. The van der Waals surface area contributed by atoms with Crippen LogP contribution in [0, 0.1) is 5.92 Å². The van der Waals surface area contributed by atoms with E-state index < -0.39 is 5.97 Å². The van der Waals surface area contributed by atoms with Crippen molar-refractivity contribution in [3.63, 3.8) is 0 Å². The summed E-state index contributed by atoms with van der Waals surface area (Å²) in [5, 5.41) is 7.05. The van der Waals surface area contributed by atoms with E-state index in [1.54, 1.807) is 6.20 Å². The first-order valence-corrected chi connectivity index (χ1v) is 8.24. The second kappa shape index (κ2) is 7.38. The van der Waals surface area contributed by atoms with Crippen molar-refractivity contribution in [2.24, 2.45) is 5.92 Å². The predicted molar refractivity (Wildman–Crippen MR) is 90.7 cm³/mol. The molecule has 1 saturated carbocycles. The number of hydrogen-bond acceptors (Lipinski definition) is 5. The van der Waals surface area contributed by atoms with E-state index >= 15 is 0 Å². The Kier molecular flexibility index (Phi) is 5.02. The molecule has 1 heterocycles. The summed E-state index contributed by atoms with van der Waals surface area (Å²) in [7, 11) is 1.45. The third-order valence-corrected chi connectivity index (χ3v) is 4.17. The zero-order chi connectivity index (χ0) is 17.8. The van der Waals surface area contributed by atoms with E-state index in [0.717, 1.165) is 18.5 Å². The van der Waals surface area contributed by atoms with Crippen LogP contribution in [-0.4, -0.2) is 41.4 Å². The summed E-state index contributed by atoms with van der Waals surface area (Å²) in [6.07, 6.45) is 3.87. The van der Waals surface area contributed by atoms with Crippen LogP contribution in [0.1, 0.15) is 30.3 Å². The average molecular weight is 343 g/mol. The molecule has 132 valence electrons. The number of para-hydroxylation sites is 1. The molecule has 1 aliphatic rings. The molecule has 0 radical (unpaired) electrons. The van der Waals surface area contributed by atoms with Gasteiger partial charge in [0.2, 0.25) is 5.69 Å². The molecule has 0 bridgehead atoms. The van der Waals surface area contributed by atoms with Gasteiger partial charge in [0.15, 0.2) is 12.4 Å². The summed E-state index contributed by atoms with van der Waals surface area (Å²) in [4.78, 5) is 24.1. The largest absolute Gasteiger partial charge is 0.493 e. The highest BCUT2D eigenvalue weighted by Gasteiger charge is 2.29. The van der Waals surface area contributed by atoms with Crippen molar-refractivity contribution in [3.8, 4) is 11.4 Å². The van der Waals surface area contributed by atoms with Gasteiger partial charge in [0.1, 0.15) is 0 Å². The van der Waals surface area contributed by atoms with E-state index in [-0.39, 0.29) is 24.2 Å². The molecule has 3 rings (SSSR count). The van der Waals surface area contributed by atoms with Crippen LogP contribution in [0.5, 0.6) is 5.75 Å². The summed E-state index contributed by atoms with van der Waals surface area (Å²) in [6, 6.07) is 9.45. The summed E-state index contributed by atoms with van der Waals surface area (Å²) in [6.45, 7) is 1.62. The van der Waals surface area contributed by atoms with Gasteiger partial charge in [-0.25, -0.2) is 9.48 Å². The first-order chi connectivity index (χ1) is 12.1. The van der Waals surface area contributed by atoms with E-state index in [4.69, 9.17) is 9.47 Å². The van der Waals surface area contributed by atoms with Crippen LogP contribution in [0.3, 0.4) is 0 Å². The van der Waals surface area contributed by atoms with E-state index in [2.05, 4.69) is 10.4 Å². The number of nitrogens with zero attached hydrogens (tertiary/aromatic N) is 2. The molecule has 1 amide bonds. The molecule has 1 aliphatic carbocycles. The lowest BCUT2D eigenvalue weighted by Crippen LogP contribution is -2.37. The standard InChI is InChI=1S/C18H21N3O4/c1-12(13-8-9-13)19-16(22)11-25-18(23)17-15(24-2)10-21(20-17)14-6-4-3-5-7-14/h3-7,10,12-13H,8-9,11H2,1-2H3,(H,19,22)/t12-/m1/s1. The molecule has 0 spiro atoms. The van der Waals surface area contributed by atoms with Crippen molar-refractivity contribution in [1.82, 2.24) is 15.1 Å². The zero-order valence-corrected chi connectivity index (χ0v) is 14.3. The van der Waals surface area contributed by atoms with Crippen molar-refractivity contribution in [1.29, 1.82) is 0 Å². The van der Waals surface area contributed by atoms with Crippen molar-refractivity contribution in [2.45, 2.75) is 25.8 Å². The van der Waals surface area contributed by atoms with Gasteiger partial charge in [-0.15, -0.1) is 0 Å². The second-order valence-electron chi connectivity index (χ2n) is 6.10. The third kappa shape index (κ3) is 4.17. The minimum atomic E-state index is -0.694. The Morgan fingerprint density at radius 2 is 2.04 bits per heavy atom. The number of carbonyl (C=O) groups is 2. The Balaban J connectivity index is 1.63. The van der Waals surface area contributed by atoms with E-state index in [1.165, 1.54) is 11.8 Å². The van der Waals surface area contributed by atoms with Gasteiger partial charge in [-0.3, -0.25) is 4.79 Å². The molecule has 1 atom stereocenters. The Morgan fingerprint density at radius 1 is 1.32 bits per heavy atom. The molecule has 2 aromatic rings. The summed E-state index contributed by atoms with van der Waals surface area (Å²) in [5.74, 6) is -0.170. The average Bonchev–Trinajstić information content (AvgIpc) is 3.39. The predicted octanol–water partition coefficient (Wildman–Crippen LogP) is 1.95. The number of methoxy groups -OCH3 is 1. The molecule has 0 saturated heterocycles. The van der Waals surface area contributed by atoms with Crippen LogP contribution in [-0.2, 0) is 9.53 Å². The highest BCUT2D eigenvalue weighted by molar-refractivity contribution is 5.92. The molecule has 1 aromatic heterocycles. The van der Waals surface area contributed by atoms with Crippen molar-refractivity contribution < 1.29 is 19.1 Å². The van der Waals surface area contributed by atoms with Gasteiger partial charge in [0.25, 0.3) is 5.91 Å². The molecule has 25 heavy (non-hydrogen) atoms. The highest BCUT2D eigenvalue weighted by atomic mass is 16.5.